The van der Waals surface area contributed by atoms with Crippen LogP contribution < -0.4 is 11.1 Å². The van der Waals surface area contributed by atoms with Crippen LogP contribution in [-0.4, -0.2) is 0 Å². The molecule has 0 heterocycles. The Bertz CT molecular complexity index is 555. The third kappa shape index (κ3) is 2.33. The predicted molar refractivity (Wildman–Crippen MR) is 60.5 cm³/mol. The summed E-state index contributed by atoms with van der Waals surface area (Å²) in [4.78, 5) is 0. The summed E-state index contributed by atoms with van der Waals surface area (Å²) in [5.74, 6) is -2.53. The quantitative estimate of drug-likeness (QED) is 0.786. The molecule has 0 aromatic heterocycles. The lowest BCUT2D eigenvalue weighted by Gasteiger charge is -2.10. The van der Waals surface area contributed by atoms with E-state index in [1.54, 1.807) is 0 Å². The van der Waals surface area contributed by atoms with Crippen LogP contribution in [0, 0.1) is 17.5 Å². The fourth-order valence-corrected chi connectivity index (χ4v) is 1.38. The first-order chi connectivity index (χ1) is 8.08. The molecule has 88 valence electrons. The number of hydrogen-bond acceptors (Lipinski definition) is 2. The summed E-state index contributed by atoms with van der Waals surface area (Å²) in [6, 6.07) is 7.31. The Balaban J connectivity index is 2.38. The number of halogens is 3. The molecule has 2 aromatic carbocycles. The van der Waals surface area contributed by atoms with Crippen LogP contribution in [0.15, 0.2) is 36.4 Å². The van der Waals surface area contributed by atoms with E-state index in [0.717, 1.165) is 12.1 Å². The van der Waals surface area contributed by atoms with Gasteiger partial charge in [-0.05, 0) is 30.3 Å². The van der Waals surface area contributed by atoms with Crippen molar-refractivity contribution >= 4 is 17.1 Å². The highest BCUT2D eigenvalue weighted by atomic mass is 19.2. The summed E-state index contributed by atoms with van der Waals surface area (Å²) < 4.78 is 39.3. The maximum atomic E-state index is 13.3. The maximum Gasteiger partial charge on any atom is 0.182 e. The van der Waals surface area contributed by atoms with E-state index in [-0.39, 0.29) is 17.1 Å². The lowest BCUT2D eigenvalue weighted by atomic mass is 10.2. The van der Waals surface area contributed by atoms with Gasteiger partial charge in [0.2, 0.25) is 0 Å². The number of hydrogen-bond donors (Lipinski definition) is 2. The molecule has 2 aromatic rings. The van der Waals surface area contributed by atoms with Crippen LogP contribution in [-0.2, 0) is 0 Å². The highest BCUT2D eigenvalue weighted by Gasteiger charge is 2.09. The standard InChI is InChI=1S/C12H9F3N2/c13-7-4-5-9(16)11(6-7)17-10-3-1-2-8(14)12(10)15/h1-6,17H,16H2. The number of rotatable bonds is 2. The Morgan fingerprint density at radius 2 is 1.71 bits per heavy atom. The minimum atomic E-state index is -1.03. The van der Waals surface area contributed by atoms with Crippen molar-refractivity contribution < 1.29 is 13.2 Å². The summed E-state index contributed by atoms with van der Waals surface area (Å²) in [7, 11) is 0. The van der Waals surface area contributed by atoms with Crippen LogP contribution in [0.5, 0.6) is 0 Å². The molecule has 0 saturated carbocycles. The summed E-state index contributed by atoms with van der Waals surface area (Å²) in [6.07, 6.45) is 0. The molecule has 17 heavy (non-hydrogen) atoms. The molecule has 0 radical (unpaired) electrons. The Hall–Kier alpha value is -2.17. The average Bonchev–Trinajstić information content (AvgIpc) is 2.30. The second-order valence-electron chi connectivity index (χ2n) is 3.46. The van der Waals surface area contributed by atoms with Crippen molar-refractivity contribution in [2.24, 2.45) is 0 Å². The lowest BCUT2D eigenvalue weighted by molar-refractivity contribution is 0.512. The second kappa shape index (κ2) is 4.37. The van der Waals surface area contributed by atoms with Gasteiger partial charge in [0.05, 0.1) is 17.1 Å². The number of benzene rings is 2. The number of nitrogens with two attached hydrogens (primary N) is 1. The molecule has 2 rings (SSSR count). The Morgan fingerprint density at radius 3 is 2.47 bits per heavy atom. The topological polar surface area (TPSA) is 38.0 Å². The Kier molecular flexibility index (Phi) is 2.91. The van der Waals surface area contributed by atoms with Gasteiger partial charge in [-0.25, -0.2) is 13.2 Å². The zero-order chi connectivity index (χ0) is 12.4. The molecule has 0 bridgehead atoms. The van der Waals surface area contributed by atoms with E-state index in [0.29, 0.717) is 0 Å². The molecule has 0 amide bonds. The molecule has 2 nitrogen and oxygen atoms in total. The minimum Gasteiger partial charge on any atom is -0.397 e. The lowest BCUT2D eigenvalue weighted by Crippen LogP contribution is -2.00. The molecular weight excluding hydrogens is 229 g/mol. The third-order valence-corrected chi connectivity index (χ3v) is 2.24. The second-order valence-corrected chi connectivity index (χ2v) is 3.46. The van der Waals surface area contributed by atoms with Crippen molar-refractivity contribution in [2.45, 2.75) is 0 Å². The predicted octanol–water partition coefficient (Wildman–Crippen LogP) is 3.43. The molecule has 0 aliphatic carbocycles. The van der Waals surface area contributed by atoms with Gasteiger partial charge >= 0.3 is 0 Å². The number of nitrogen functional groups attached to an aromatic ring is 1. The fourth-order valence-electron chi connectivity index (χ4n) is 1.38. The van der Waals surface area contributed by atoms with Crippen molar-refractivity contribution in [1.82, 2.24) is 0 Å². The van der Waals surface area contributed by atoms with Gasteiger partial charge in [0.1, 0.15) is 5.82 Å². The summed E-state index contributed by atoms with van der Waals surface area (Å²) in [5.41, 5.74) is 5.92. The normalized spacial score (nSPS) is 10.3. The van der Waals surface area contributed by atoms with Crippen molar-refractivity contribution in [2.75, 3.05) is 11.1 Å². The first kappa shape index (κ1) is 11.3. The molecule has 0 aliphatic heterocycles. The van der Waals surface area contributed by atoms with Gasteiger partial charge in [-0.3, -0.25) is 0 Å². The van der Waals surface area contributed by atoms with Gasteiger partial charge < -0.3 is 11.1 Å². The van der Waals surface area contributed by atoms with Gasteiger partial charge in [-0.2, -0.15) is 0 Å². The first-order valence-electron chi connectivity index (χ1n) is 4.84. The van der Waals surface area contributed by atoms with Crippen LogP contribution in [0.3, 0.4) is 0 Å². The number of anilines is 3. The third-order valence-electron chi connectivity index (χ3n) is 2.24. The van der Waals surface area contributed by atoms with Gasteiger partial charge in [0, 0.05) is 0 Å². The summed E-state index contributed by atoms with van der Waals surface area (Å²) >= 11 is 0. The van der Waals surface area contributed by atoms with Crippen LogP contribution in [0.1, 0.15) is 0 Å². The van der Waals surface area contributed by atoms with E-state index in [9.17, 15) is 13.2 Å². The monoisotopic (exact) mass is 238 g/mol. The first-order valence-corrected chi connectivity index (χ1v) is 4.84. The zero-order valence-corrected chi connectivity index (χ0v) is 8.68. The zero-order valence-electron chi connectivity index (χ0n) is 8.68. The van der Waals surface area contributed by atoms with Crippen LogP contribution in [0.25, 0.3) is 0 Å². The molecule has 0 spiro atoms. The highest BCUT2D eigenvalue weighted by molar-refractivity contribution is 5.72. The molecular formula is C12H9F3N2. The molecule has 0 unspecified atom stereocenters. The van der Waals surface area contributed by atoms with Gasteiger partial charge in [0.15, 0.2) is 11.6 Å². The fraction of sp³-hybridized carbons (Fsp3) is 0. The van der Waals surface area contributed by atoms with E-state index in [1.807, 2.05) is 0 Å². The molecule has 0 fully saturated rings. The van der Waals surface area contributed by atoms with Crippen molar-refractivity contribution in [3.8, 4) is 0 Å². The van der Waals surface area contributed by atoms with Crippen LogP contribution in [0.4, 0.5) is 30.2 Å². The van der Waals surface area contributed by atoms with Crippen molar-refractivity contribution in [3.63, 3.8) is 0 Å². The van der Waals surface area contributed by atoms with E-state index in [2.05, 4.69) is 5.32 Å². The minimum absolute atomic E-state index is 0.0951. The van der Waals surface area contributed by atoms with E-state index in [1.165, 1.54) is 24.3 Å². The Labute approximate surface area is 95.9 Å². The molecule has 5 heteroatoms. The molecule has 0 aliphatic rings. The van der Waals surface area contributed by atoms with Crippen LogP contribution in [0.2, 0.25) is 0 Å². The molecule has 3 N–H and O–H groups in total. The smallest absolute Gasteiger partial charge is 0.182 e. The van der Waals surface area contributed by atoms with E-state index < -0.39 is 17.5 Å². The van der Waals surface area contributed by atoms with Gasteiger partial charge in [0.25, 0.3) is 0 Å². The van der Waals surface area contributed by atoms with Crippen LogP contribution >= 0.6 is 0 Å². The summed E-state index contributed by atoms with van der Waals surface area (Å²) in [6.45, 7) is 0. The van der Waals surface area contributed by atoms with E-state index in [4.69, 9.17) is 5.73 Å². The van der Waals surface area contributed by atoms with Gasteiger partial charge in [-0.1, -0.05) is 6.07 Å². The molecule has 0 atom stereocenters. The Morgan fingerprint density at radius 1 is 0.941 bits per heavy atom. The van der Waals surface area contributed by atoms with Crippen molar-refractivity contribution in [1.29, 1.82) is 0 Å². The van der Waals surface area contributed by atoms with Crippen molar-refractivity contribution in [3.05, 3.63) is 53.8 Å². The van der Waals surface area contributed by atoms with Gasteiger partial charge in [-0.15, -0.1) is 0 Å². The highest BCUT2D eigenvalue weighted by Crippen LogP contribution is 2.26. The summed E-state index contributed by atoms with van der Waals surface area (Å²) in [5, 5.41) is 2.54. The maximum absolute atomic E-state index is 13.3. The SMILES string of the molecule is Nc1ccc(F)cc1Nc1cccc(F)c1F. The largest absolute Gasteiger partial charge is 0.397 e. The molecule has 0 saturated heterocycles. The van der Waals surface area contributed by atoms with E-state index >= 15 is 0 Å². The number of nitrogens with one attached hydrogen (secondary N) is 1. The average molecular weight is 238 g/mol.